The number of benzene rings is 2. The number of carbonyl (C=O) groups is 1. The topological polar surface area (TPSA) is 55.2 Å². The lowest BCUT2D eigenvalue weighted by molar-refractivity contribution is -0.133. The van der Waals surface area contributed by atoms with Crippen molar-refractivity contribution in [1.82, 2.24) is 14.5 Å². The van der Waals surface area contributed by atoms with E-state index in [1.807, 2.05) is 59.7 Å². The van der Waals surface area contributed by atoms with Crippen molar-refractivity contribution in [3.05, 3.63) is 92.1 Å². The molecule has 176 valence electrons. The maximum absolute atomic E-state index is 13.6. The number of para-hydroxylation sites is 1. The summed E-state index contributed by atoms with van der Waals surface area (Å²) in [6.45, 7) is 6.83. The average molecular weight is 494 g/mol. The van der Waals surface area contributed by atoms with Crippen LogP contribution in [0.3, 0.4) is 0 Å². The third-order valence-electron chi connectivity index (χ3n) is 5.90. The van der Waals surface area contributed by atoms with Gasteiger partial charge in [-0.05, 0) is 67.1 Å². The van der Waals surface area contributed by atoms with Gasteiger partial charge in [0.05, 0.1) is 29.1 Å². The Morgan fingerprint density at radius 3 is 2.47 bits per heavy atom. The summed E-state index contributed by atoms with van der Waals surface area (Å²) in [4.78, 5) is 34.9. The van der Waals surface area contributed by atoms with Crippen LogP contribution < -0.4 is 5.56 Å². The molecule has 7 heteroatoms. The highest BCUT2D eigenvalue weighted by Crippen LogP contribution is 2.25. The number of hydrogen-bond donors (Lipinski definition) is 0. The van der Waals surface area contributed by atoms with E-state index in [-0.39, 0.29) is 11.5 Å². The van der Waals surface area contributed by atoms with Crippen LogP contribution in [0.4, 0.5) is 0 Å². The Bertz CT molecular complexity index is 1330. The molecule has 4 aromatic rings. The third kappa shape index (κ3) is 5.24. The van der Waals surface area contributed by atoms with Gasteiger partial charge in [0.2, 0.25) is 5.91 Å². The van der Waals surface area contributed by atoms with Gasteiger partial charge in [0.1, 0.15) is 5.82 Å². The highest BCUT2D eigenvalue weighted by atomic mass is 35.5. The molecule has 2 aromatic heterocycles. The van der Waals surface area contributed by atoms with Crippen molar-refractivity contribution < 1.29 is 4.79 Å². The zero-order valence-electron chi connectivity index (χ0n) is 19.6. The molecule has 1 atom stereocenters. The summed E-state index contributed by atoms with van der Waals surface area (Å²) in [7, 11) is 0. The number of aromatic nitrogens is 2. The van der Waals surface area contributed by atoms with Gasteiger partial charge >= 0.3 is 0 Å². The van der Waals surface area contributed by atoms with Crippen molar-refractivity contribution in [3.8, 4) is 5.69 Å². The Hall–Kier alpha value is -2.96. The maximum Gasteiger partial charge on any atom is 0.266 e. The molecule has 0 fully saturated rings. The standard InChI is InChI=1S/C27H28ClN3O2S/c1-18(2)14-15-30(25(32)17-22-7-6-16-34-22)19(3)26-29-24-9-5-4-8-23(24)27(33)31(26)21-12-10-20(28)11-13-21/h4-13,16,18-19H,14-15,17H2,1-3H3. The second-order valence-electron chi connectivity index (χ2n) is 8.81. The molecule has 0 aliphatic rings. The number of hydrogen-bond acceptors (Lipinski definition) is 4. The number of thiophene rings is 1. The van der Waals surface area contributed by atoms with Gasteiger partial charge < -0.3 is 4.90 Å². The highest BCUT2D eigenvalue weighted by molar-refractivity contribution is 7.10. The number of halogens is 1. The zero-order valence-corrected chi connectivity index (χ0v) is 21.1. The zero-order chi connectivity index (χ0) is 24.2. The summed E-state index contributed by atoms with van der Waals surface area (Å²) >= 11 is 7.69. The van der Waals surface area contributed by atoms with E-state index in [0.717, 1.165) is 11.3 Å². The Kier molecular flexibility index (Phi) is 7.49. The van der Waals surface area contributed by atoms with Gasteiger partial charge in [0.15, 0.2) is 0 Å². The fourth-order valence-electron chi connectivity index (χ4n) is 4.00. The van der Waals surface area contributed by atoms with E-state index in [4.69, 9.17) is 16.6 Å². The molecule has 0 saturated carbocycles. The molecule has 5 nitrogen and oxygen atoms in total. The van der Waals surface area contributed by atoms with Crippen molar-refractivity contribution >= 4 is 39.7 Å². The van der Waals surface area contributed by atoms with Crippen molar-refractivity contribution in [2.75, 3.05) is 6.54 Å². The van der Waals surface area contributed by atoms with E-state index >= 15 is 0 Å². The Morgan fingerprint density at radius 1 is 1.06 bits per heavy atom. The highest BCUT2D eigenvalue weighted by Gasteiger charge is 2.27. The minimum absolute atomic E-state index is 0.0284. The molecular weight excluding hydrogens is 466 g/mol. The molecule has 1 unspecified atom stereocenters. The number of fused-ring (bicyclic) bond motifs is 1. The first-order valence-corrected chi connectivity index (χ1v) is 12.7. The summed E-state index contributed by atoms with van der Waals surface area (Å²) < 4.78 is 1.62. The van der Waals surface area contributed by atoms with Crippen molar-refractivity contribution in [2.45, 2.75) is 39.7 Å². The van der Waals surface area contributed by atoms with Crippen LogP contribution in [0.25, 0.3) is 16.6 Å². The van der Waals surface area contributed by atoms with Crippen LogP contribution in [0, 0.1) is 5.92 Å². The van der Waals surface area contributed by atoms with Gasteiger partial charge in [-0.2, -0.15) is 0 Å². The predicted octanol–water partition coefficient (Wildman–Crippen LogP) is 6.28. The molecule has 2 aromatic carbocycles. The van der Waals surface area contributed by atoms with Gasteiger partial charge in [-0.15, -0.1) is 11.3 Å². The summed E-state index contributed by atoms with van der Waals surface area (Å²) in [6, 6.07) is 18.0. The van der Waals surface area contributed by atoms with E-state index in [1.54, 1.807) is 34.1 Å². The number of carbonyl (C=O) groups excluding carboxylic acids is 1. The lowest BCUT2D eigenvalue weighted by Gasteiger charge is -2.31. The summed E-state index contributed by atoms with van der Waals surface area (Å²) in [5.41, 5.74) is 1.13. The molecule has 0 aliphatic heterocycles. The Morgan fingerprint density at radius 2 is 1.79 bits per heavy atom. The molecule has 0 radical (unpaired) electrons. The number of nitrogens with zero attached hydrogens (tertiary/aromatic N) is 3. The van der Waals surface area contributed by atoms with Crippen molar-refractivity contribution in [3.63, 3.8) is 0 Å². The Balaban J connectivity index is 1.84. The van der Waals surface area contributed by atoms with Gasteiger partial charge in [-0.1, -0.05) is 43.6 Å². The lowest BCUT2D eigenvalue weighted by Crippen LogP contribution is -2.39. The predicted molar refractivity (Wildman–Crippen MR) is 140 cm³/mol. The van der Waals surface area contributed by atoms with E-state index in [9.17, 15) is 9.59 Å². The molecule has 0 N–H and O–H groups in total. The van der Waals surface area contributed by atoms with Crippen LogP contribution in [0.15, 0.2) is 70.8 Å². The van der Waals surface area contributed by atoms with E-state index in [1.165, 1.54) is 0 Å². The van der Waals surface area contributed by atoms with Crippen LogP contribution in [0.2, 0.25) is 5.02 Å². The van der Waals surface area contributed by atoms with E-state index < -0.39 is 6.04 Å². The SMILES string of the molecule is CC(C)CCN(C(=O)Cc1cccs1)C(C)c1nc2ccccc2c(=O)n1-c1ccc(Cl)cc1. The first-order chi connectivity index (χ1) is 16.3. The van der Waals surface area contributed by atoms with E-state index in [2.05, 4.69) is 13.8 Å². The van der Waals surface area contributed by atoms with Gasteiger partial charge in [-0.3, -0.25) is 14.2 Å². The monoisotopic (exact) mass is 493 g/mol. The lowest BCUT2D eigenvalue weighted by atomic mass is 10.1. The van der Waals surface area contributed by atoms with Crippen LogP contribution in [-0.2, 0) is 11.2 Å². The second kappa shape index (κ2) is 10.5. The molecule has 0 saturated heterocycles. The molecule has 4 rings (SSSR count). The van der Waals surface area contributed by atoms with E-state index in [0.29, 0.717) is 46.3 Å². The fourth-order valence-corrected chi connectivity index (χ4v) is 4.83. The molecule has 34 heavy (non-hydrogen) atoms. The fraction of sp³-hybridized carbons (Fsp3) is 0.296. The van der Waals surface area contributed by atoms with Gasteiger partial charge in [0, 0.05) is 16.4 Å². The summed E-state index contributed by atoms with van der Waals surface area (Å²) in [5.74, 6) is 1.00. The molecular formula is C27H28ClN3O2S. The first-order valence-electron chi connectivity index (χ1n) is 11.4. The minimum Gasteiger partial charge on any atom is -0.332 e. The van der Waals surface area contributed by atoms with Crippen molar-refractivity contribution in [2.24, 2.45) is 5.92 Å². The molecule has 1 amide bonds. The molecule has 0 bridgehead atoms. The smallest absolute Gasteiger partial charge is 0.266 e. The largest absolute Gasteiger partial charge is 0.332 e. The second-order valence-corrected chi connectivity index (χ2v) is 10.3. The quantitative estimate of drug-likeness (QED) is 0.290. The minimum atomic E-state index is -0.404. The molecule has 0 spiro atoms. The van der Waals surface area contributed by atoms with Crippen LogP contribution in [-0.4, -0.2) is 26.9 Å². The third-order valence-corrected chi connectivity index (χ3v) is 7.03. The normalized spacial score (nSPS) is 12.3. The van der Waals surface area contributed by atoms with Crippen LogP contribution >= 0.6 is 22.9 Å². The number of amides is 1. The van der Waals surface area contributed by atoms with Crippen LogP contribution in [0.1, 0.15) is 43.9 Å². The summed E-state index contributed by atoms with van der Waals surface area (Å²) in [5, 5.41) is 3.10. The molecule has 0 aliphatic carbocycles. The Labute approximate surface area is 208 Å². The summed E-state index contributed by atoms with van der Waals surface area (Å²) in [6.07, 6.45) is 1.19. The molecule has 2 heterocycles. The average Bonchev–Trinajstić information content (AvgIpc) is 3.32. The maximum atomic E-state index is 13.6. The van der Waals surface area contributed by atoms with Crippen LogP contribution in [0.5, 0.6) is 0 Å². The number of rotatable bonds is 8. The van der Waals surface area contributed by atoms with Gasteiger partial charge in [0.25, 0.3) is 5.56 Å². The van der Waals surface area contributed by atoms with Gasteiger partial charge in [-0.25, -0.2) is 4.98 Å². The first kappa shape index (κ1) is 24.2. The van der Waals surface area contributed by atoms with Crippen molar-refractivity contribution in [1.29, 1.82) is 0 Å².